The smallest absolute Gasteiger partial charge is 0.158 e. The summed E-state index contributed by atoms with van der Waals surface area (Å²) in [6, 6.07) is 12.4. The van der Waals surface area contributed by atoms with Gasteiger partial charge < -0.3 is 5.73 Å². The Hall–Kier alpha value is -1.48. The largest absolute Gasteiger partial charge is 0.378 e. The van der Waals surface area contributed by atoms with Crippen molar-refractivity contribution in [3.63, 3.8) is 0 Å². The number of nitrogens with zero attached hydrogens (tertiary/aromatic N) is 1. The summed E-state index contributed by atoms with van der Waals surface area (Å²) in [4.78, 5) is 4.46. The number of hydrogen-bond acceptors (Lipinski definition) is 2. The molecular formula is C13H14N2S. The van der Waals surface area contributed by atoms with Crippen LogP contribution in [0.5, 0.6) is 0 Å². The highest BCUT2D eigenvalue weighted by atomic mass is 32.2. The van der Waals surface area contributed by atoms with E-state index in [9.17, 15) is 0 Å². The summed E-state index contributed by atoms with van der Waals surface area (Å²) < 4.78 is 0. The van der Waals surface area contributed by atoms with Gasteiger partial charge in [-0.1, -0.05) is 48.2 Å². The lowest BCUT2D eigenvalue weighted by Gasteiger charge is -2.06. The molecule has 2 nitrogen and oxygen atoms in total. The molecular weight excluding hydrogens is 216 g/mol. The monoisotopic (exact) mass is 230 g/mol. The maximum Gasteiger partial charge on any atom is 0.158 e. The molecule has 2 aromatic carbocycles. The SMILES string of the molecule is CSC(N)=Nc1c(C)ccc2ccccc12. The van der Waals surface area contributed by atoms with Crippen LogP contribution in [0.1, 0.15) is 5.56 Å². The number of thioether (sulfide) groups is 1. The Morgan fingerprint density at radius 1 is 1.19 bits per heavy atom. The average Bonchev–Trinajstić information content (AvgIpc) is 2.32. The van der Waals surface area contributed by atoms with Gasteiger partial charge in [-0.3, -0.25) is 0 Å². The Labute approximate surface area is 99.6 Å². The van der Waals surface area contributed by atoms with Crippen molar-refractivity contribution in [1.82, 2.24) is 0 Å². The molecule has 0 saturated heterocycles. The van der Waals surface area contributed by atoms with Gasteiger partial charge in [0.2, 0.25) is 0 Å². The fraction of sp³-hybridized carbons (Fsp3) is 0.154. The van der Waals surface area contributed by atoms with Crippen molar-refractivity contribution in [2.75, 3.05) is 6.26 Å². The van der Waals surface area contributed by atoms with Crippen LogP contribution in [-0.4, -0.2) is 11.4 Å². The molecule has 0 amide bonds. The highest BCUT2D eigenvalue weighted by Gasteiger charge is 2.03. The predicted molar refractivity (Wildman–Crippen MR) is 73.5 cm³/mol. The van der Waals surface area contributed by atoms with Crippen LogP contribution in [0.25, 0.3) is 10.8 Å². The van der Waals surface area contributed by atoms with Crippen LogP contribution in [0.3, 0.4) is 0 Å². The molecule has 0 aromatic heterocycles. The Kier molecular flexibility index (Phi) is 3.15. The maximum absolute atomic E-state index is 5.78. The van der Waals surface area contributed by atoms with E-state index in [2.05, 4.69) is 36.2 Å². The summed E-state index contributed by atoms with van der Waals surface area (Å²) in [6.07, 6.45) is 1.93. The fourth-order valence-corrected chi connectivity index (χ4v) is 1.85. The van der Waals surface area contributed by atoms with Crippen molar-refractivity contribution in [2.24, 2.45) is 10.7 Å². The Balaban J connectivity index is 2.71. The van der Waals surface area contributed by atoms with E-state index in [1.165, 1.54) is 17.1 Å². The quantitative estimate of drug-likeness (QED) is 0.602. The van der Waals surface area contributed by atoms with Crippen LogP contribution in [0.15, 0.2) is 41.4 Å². The summed E-state index contributed by atoms with van der Waals surface area (Å²) in [5.74, 6) is 0. The maximum atomic E-state index is 5.78. The number of nitrogens with two attached hydrogens (primary N) is 1. The molecule has 82 valence electrons. The molecule has 3 heteroatoms. The minimum Gasteiger partial charge on any atom is -0.378 e. The molecule has 0 bridgehead atoms. The predicted octanol–water partition coefficient (Wildman–Crippen LogP) is 3.46. The van der Waals surface area contributed by atoms with Crippen molar-refractivity contribution in [3.05, 3.63) is 42.0 Å². The molecule has 0 fully saturated rings. The third-order valence-electron chi connectivity index (χ3n) is 2.53. The number of benzene rings is 2. The van der Waals surface area contributed by atoms with E-state index in [4.69, 9.17) is 5.73 Å². The minimum atomic E-state index is 0.597. The number of aliphatic imine (C=N–C) groups is 1. The highest BCUT2D eigenvalue weighted by Crippen LogP contribution is 2.29. The van der Waals surface area contributed by atoms with Crippen LogP contribution in [-0.2, 0) is 0 Å². The lowest BCUT2D eigenvalue weighted by atomic mass is 10.1. The number of aryl methyl sites for hydroxylation is 1. The van der Waals surface area contributed by atoms with Gasteiger partial charge in [0, 0.05) is 5.39 Å². The lowest BCUT2D eigenvalue weighted by molar-refractivity contribution is 1.42. The van der Waals surface area contributed by atoms with E-state index < -0.39 is 0 Å². The van der Waals surface area contributed by atoms with Crippen molar-refractivity contribution in [1.29, 1.82) is 0 Å². The van der Waals surface area contributed by atoms with Crippen LogP contribution in [0, 0.1) is 6.92 Å². The van der Waals surface area contributed by atoms with Gasteiger partial charge in [-0.05, 0) is 24.1 Å². The molecule has 16 heavy (non-hydrogen) atoms. The molecule has 0 aliphatic heterocycles. The van der Waals surface area contributed by atoms with Gasteiger partial charge in [0.15, 0.2) is 5.17 Å². The number of rotatable bonds is 1. The van der Waals surface area contributed by atoms with Crippen LogP contribution in [0.4, 0.5) is 5.69 Å². The molecule has 0 aliphatic carbocycles. The zero-order chi connectivity index (χ0) is 11.5. The number of fused-ring (bicyclic) bond motifs is 1. The first-order chi connectivity index (χ1) is 7.72. The molecule has 0 radical (unpaired) electrons. The second kappa shape index (κ2) is 4.58. The van der Waals surface area contributed by atoms with E-state index in [0.717, 1.165) is 16.6 Å². The lowest BCUT2D eigenvalue weighted by Crippen LogP contribution is -2.04. The zero-order valence-electron chi connectivity index (χ0n) is 9.40. The Morgan fingerprint density at radius 2 is 1.94 bits per heavy atom. The van der Waals surface area contributed by atoms with E-state index >= 15 is 0 Å². The van der Waals surface area contributed by atoms with Gasteiger partial charge in [-0.25, -0.2) is 4.99 Å². The van der Waals surface area contributed by atoms with Gasteiger partial charge in [0.25, 0.3) is 0 Å². The number of hydrogen-bond donors (Lipinski definition) is 1. The summed E-state index contributed by atoms with van der Waals surface area (Å²) in [7, 11) is 0. The van der Waals surface area contributed by atoms with Gasteiger partial charge in [0.05, 0.1) is 5.69 Å². The van der Waals surface area contributed by atoms with Gasteiger partial charge >= 0.3 is 0 Å². The van der Waals surface area contributed by atoms with Gasteiger partial charge in [-0.2, -0.15) is 0 Å². The van der Waals surface area contributed by atoms with Crippen LogP contribution >= 0.6 is 11.8 Å². The summed E-state index contributed by atoms with van der Waals surface area (Å²) in [5.41, 5.74) is 7.90. The average molecular weight is 230 g/mol. The van der Waals surface area contributed by atoms with Crippen molar-refractivity contribution < 1.29 is 0 Å². The zero-order valence-corrected chi connectivity index (χ0v) is 10.2. The molecule has 0 heterocycles. The summed E-state index contributed by atoms with van der Waals surface area (Å²) in [5, 5.41) is 2.94. The molecule has 0 spiro atoms. The van der Waals surface area contributed by atoms with Crippen LogP contribution < -0.4 is 5.73 Å². The second-order valence-corrected chi connectivity index (χ2v) is 4.43. The van der Waals surface area contributed by atoms with Crippen molar-refractivity contribution in [3.8, 4) is 0 Å². The molecule has 2 rings (SSSR count). The Bertz CT molecular complexity index is 547. The van der Waals surface area contributed by atoms with Gasteiger partial charge in [0.1, 0.15) is 0 Å². The second-order valence-electron chi connectivity index (χ2n) is 3.61. The molecule has 0 unspecified atom stereocenters. The fourth-order valence-electron chi connectivity index (χ4n) is 1.67. The molecule has 2 N–H and O–H groups in total. The Morgan fingerprint density at radius 3 is 2.69 bits per heavy atom. The van der Waals surface area contributed by atoms with Crippen molar-refractivity contribution in [2.45, 2.75) is 6.92 Å². The topological polar surface area (TPSA) is 38.4 Å². The first-order valence-electron chi connectivity index (χ1n) is 5.09. The standard InChI is InChI=1S/C13H14N2S/c1-9-7-8-10-5-3-4-6-11(10)12(9)15-13(14)16-2/h3-8H,1-2H3,(H2,14,15). The normalized spacial score (nSPS) is 12.0. The first kappa shape index (κ1) is 11.0. The van der Waals surface area contributed by atoms with E-state index in [1.54, 1.807) is 0 Å². The highest BCUT2D eigenvalue weighted by molar-refractivity contribution is 8.13. The third-order valence-corrected chi connectivity index (χ3v) is 3.04. The van der Waals surface area contributed by atoms with Gasteiger partial charge in [-0.15, -0.1) is 0 Å². The first-order valence-corrected chi connectivity index (χ1v) is 6.31. The van der Waals surface area contributed by atoms with E-state index in [0.29, 0.717) is 5.17 Å². The van der Waals surface area contributed by atoms with E-state index in [-0.39, 0.29) is 0 Å². The minimum absolute atomic E-state index is 0.597. The molecule has 0 saturated carbocycles. The van der Waals surface area contributed by atoms with Crippen molar-refractivity contribution >= 4 is 33.4 Å². The molecule has 0 atom stereocenters. The molecule has 0 aliphatic rings. The van der Waals surface area contributed by atoms with E-state index in [1.807, 2.05) is 18.4 Å². The molecule has 2 aromatic rings. The third kappa shape index (κ3) is 2.04. The van der Waals surface area contributed by atoms with Crippen LogP contribution in [0.2, 0.25) is 0 Å². The number of amidine groups is 1. The summed E-state index contributed by atoms with van der Waals surface area (Å²) >= 11 is 1.46. The summed E-state index contributed by atoms with van der Waals surface area (Å²) in [6.45, 7) is 2.05.